The highest BCUT2D eigenvalue weighted by Crippen LogP contribution is 2.40. The van der Waals surface area contributed by atoms with Crippen LogP contribution in [0.4, 0.5) is 0 Å². The summed E-state index contributed by atoms with van der Waals surface area (Å²) in [5.41, 5.74) is 6.50. The van der Waals surface area contributed by atoms with Gasteiger partial charge in [0.2, 0.25) is 5.95 Å². The molecule has 4 aromatic heterocycles. The molecule has 0 aliphatic rings. The lowest BCUT2D eigenvalue weighted by Gasteiger charge is -2.19. The summed E-state index contributed by atoms with van der Waals surface area (Å²) in [6.45, 7) is 0. The van der Waals surface area contributed by atoms with E-state index in [2.05, 4.69) is 0 Å². The van der Waals surface area contributed by atoms with Crippen LogP contribution in [0.25, 0.3) is 83.3 Å². The molecule has 51 heavy (non-hydrogen) atoms. The van der Waals surface area contributed by atoms with Crippen molar-refractivity contribution in [1.29, 1.82) is 0 Å². The van der Waals surface area contributed by atoms with Gasteiger partial charge in [-0.15, -0.1) is 0 Å². The second kappa shape index (κ2) is 11.2. The van der Waals surface area contributed by atoms with E-state index in [-0.39, 0.29) is 11.1 Å². The van der Waals surface area contributed by atoms with Gasteiger partial charge in [0.25, 0.3) is 11.1 Å². The average Bonchev–Trinajstić information content (AvgIpc) is 3.54. The predicted molar refractivity (Wildman–Crippen MR) is 205 cm³/mol. The molecule has 6 aromatic carbocycles. The highest BCUT2D eigenvalue weighted by atomic mass is 16.1. The van der Waals surface area contributed by atoms with Gasteiger partial charge in [-0.3, -0.25) is 23.1 Å². The van der Waals surface area contributed by atoms with E-state index in [0.29, 0.717) is 33.7 Å². The molecule has 0 spiro atoms. The maximum absolute atomic E-state index is 15.5. The number of fused-ring (bicyclic) bond motifs is 7. The van der Waals surface area contributed by atoms with Gasteiger partial charge in [-0.2, -0.15) is 0 Å². The third kappa shape index (κ3) is 4.25. The Bertz CT molecular complexity index is 3110. The van der Waals surface area contributed by atoms with E-state index in [1.165, 1.54) is 0 Å². The summed E-state index contributed by atoms with van der Waals surface area (Å²) in [5.74, 6) is 0.385. The first-order valence-electron chi connectivity index (χ1n) is 16.8. The molecule has 240 valence electrons. The summed E-state index contributed by atoms with van der Waals surface area (Å²) in [4.78, 5) is 40.5. The standard InChI is InChI=1S/C44H27N5O2/c50-42-33-24-12-15-27-36(33)49-41(47(42)30-20-8-3-9-21-30)37(28-16-4-1-5-17-28)38-32-23-11-14-26-35(32)48(40(38)43(49)51)44-45-34-25-13-10-22-31(34)39(46-44)29-18-6-2-7-19-29/h1-27H. The van der Waals surface area contributed by atoms with Crippen molar-refractivity contribution in [2.75, 3.05) is 0 Å². The summed E-state index contributed by atoms with van der Waals surface area (Å²) in [5, 5.41) is 2.92. The van der Waals surface area contributed by atoms with Gasteiger partial charge in [0.05, 0.1) is 33.3 Å². The van der Waals surface area contributed by atoms with Crippen molar-refractivity contribution in [3.8, 4) is 34.0 Å². The molecule has 0 aliphatic heterocycles. The Kier molecular flexibility index (Phi) is 6.35. The van der Waals surface area contributed by atoms with E-state index in [0.717, 1.165) is 49.6 Å². The van der Waals surface area contributed by atoms with E-state index in [9.17, 15) is 4.79 Å². The minimum Gasteiger partial charge on any atom is -0.272 e. The van der Waals surface area contributed by atoms with E-state index in [4.69, 9.17) is 9.97 Å². The SMILES string of the molecule is O=c1c2ccccc2n2c(=O)c3c(c(-c4ccccc4)c2n1-c1ccccc1)c1ccccc1n3-c1nc(-c2ccccc2)c2ccccc2n1. The number of hydrogen-bond donors (Lipinski definition) is 0. The van der Waals surface area contributed by atoms with Gasteiger partial charge in [0.15, 0.2) is 0 Å². The molecule has 0 saturated heterocycles. The average molecular weight is 658 g/mol. The molecule has 0 N–H and O–H groups in total. The zero-order valence-corrected chi connectivity index (χ0v) is 27.1. The van der Waals surface area contributed by atoms with E-state index in [1.807, 2.05) is 162 Å². The van der Waals surface area contributed by atoms with Gasteiger partial charge < -0.3 is 0 Å². The fraction of sp³-hybridized carbons (Fsp3) is 0. The van der Waals surface area contributed by atoms with Crippen LogP contribution in [0.2, 0.25) is 0 Å². The second-order valence-electron chi connectivity index (χ2n) is 12.5. The maximum atomic E-state index is 15.5. The van der Waals surface area contributed by atoms with Crippen molar-refractivity contribution in [1.82, 2.24) is 23.5 Å². The maximum Gasteiger partial charge on any atom is 0.281 e. The first kappa shape index (κ1) is 28.9. The molecule has 7 heteroatoms. The summed E-state index contributed by atoms with van der Waals surface area (Å²) in [7, 11) is 0. The van der Waals surface area contributed by atoms with E-state index in [1.54, 1.807) is 15.0 Å². The minimum atomic E-state index is -0.283. The number of rotatable bonds is 4. The number of para-hydroxylation sites is 4. The van der Waals surface area contributed by atoms with Crippen molar-refractivity contribution in [3.63, 3.8) is 0 Å². The van der Waals surface area contributed by atoms with Gasteiger partial charge in [0.1, 0.15) is 11.2 Å². The summed E-state index contributed by atoms with van der Waals surface area (Å²) < 4.78 is 5.28. The molecule has 0 radical (unpaired) electrons. The normalized spacial score (nSPS) is 11.7. The summed E-state index contributed by atoms with van der Waals surface area (Å²) in [6, 6.07) is 52.8. The molecule has 0 amide bonds. The molecule has 0 saturated carbocycles. The van der Waals surface area contributed by atoms with Crippen LogP contribution in [0, 0.1) is 0 Å². The lowest BCUT2D eigenvalue weighted by atomic mass is 10.00. The van der Waals surface area contributed by atoms with Crippen LogP contribution in [-0.2, 0) is 0 Å². The fourth-order valence-electron chi connectivity index (χ4n) is 7.51. The van der Waals surface area contributed by atoms with Crippen LogP contribution >= 0.6 is 0 Å². The Labute approximate surface area is 290 Å². The Balaban J connectivity index is 1.49. The van der Waals surface area contributed by atoms with Crippen molar-refractivity contribution in [2.24, 2.45) is 0 Å². The van der Waals surface area contributed by atoms with Crippen molar-refractivity contribution in [3.05, 3.63) is 184 Å². The van der Waals surface area contributed by atoms with Gasteiger partial charge in [-0.05, 0) is 42.0 Å². The van der Waals surface area contributed by atoms with Crippen LogP contribution in [-0.4, -0.2) is 23.5 Å². The van der Waals surface area contributed by atoms with Gasteiger partial charge in [-0.25, -0.2) is 9.97 Å². The fourth-order valence-corrected chi connectivity index (χ4v) is 7.51. The molecular weight excluding hydrogens is 631 g/mol. The van der Waals surface area contributed by atoms with Crippen LogP contribution in [0.5, 0.6) is 0 Å². The number of aromatic nitrogens is 5. The molecule has 0 fully saturated rings. The summed E-state index contributed by atoms with van der Waals surface area (Å²) in [6.07, 6.45) is 0. The number of nitrogens with zero attached hydrogens (tertiary/aromatic N) is 5. The molecule has 10 rings (SSSR count). The Hall–Kier alpha value is -7.12. The Morgan fingerprint density at radius 3 is 1.75 bits per heavy atom. The van der Waals surface area contributed by atoms with Crippen LogP contribution < -0.4 is 11.1 Å². The molecule has 0 aliphatic carbocycles. The molecule has 4 heterocycles. The topological polar surface area (TPSA) is 74.2 Å². The lowest BCUT2D eigenvalue weighted by Crippen LogP contribution is -2.28. The number of benzene rings is 6. The summed E-state index contributed by atoms with van der Waals surface area (Å²) >= 11 is 0. The first-order valence-corrected chi connectivity index (χ1v) is 16.8. The number of hydrogen-bond acceptors (Lipinski definition) is 4. The van der Waals surface area contributed by atoms with Crippen LogP contribution in [0.3, 0.4) is 0 Å². The Morgan fingerprint density at radius 1 is 0.451 bits per heavy atom. The third-order valence-corrected chi connectivity index (χ3v) is 9.67. The van der Waals surface area contributed by atoms with Crippen LogP contribution in [0.1, 0.15) is 0 Å². The van der Waals surface area contributed by atoms with Crippen molar-refractivity contribution in [2.45, 2.75) is 0 Å². The molecule has 0 atom stereocenters. The molecular formula is C44H27N5O2. The second-order valence-corrected chi connectivity index (χ2v) is 12.5. The lowest BCUT2D eigenvalue weighted by molar-refractivity contribution is 0.962. The van der Waals surface area contributed by atoms with Gasteiger partial charge in [-0.1, -0.05) is 127 Å². The first-order chi connectivity index (χ1) is 25.2. The van der Waals surface area contributed by atoms with Gasteiger partial charge >= 0.3 is 0 Å². The smallest absolute Gasteiger partial charge is 0.272 e. The number of pyridine rings is 1. The molecule has 0 unspecified atom stereocenters. The van der Waals surface area contributed by atoms with Gasteiger partial charge in [0, 0.05) is 27.3 Å². The molecule has 0 bridgehead atoms. The predicted octanol–water partition coefficient (Wildman–Crippen LogP) is 8.98. The van der Waals surface area contributed by atoms with Crippen molar-refractivity contribution >= 4 is 49.3 Å². The monoisotopic (exact) mass is 657 g/mol. The molecule has 10 aromatic rings. The minimum absolute atomic E-state index is 0.207. The van der Waals surface area contributed by atoms with E-state index < -0.39 is 0 Å². The van der Waals surface area contributed by atoms with E-state index >= 15 is 4.79 Å². The highest BCUT2D eigenvalue weighted by Gasteiger charge is 2.27. The molecule has 7 nitrogen and oxygen atoms in total. The highest BCUT2D eigenvalue weighted by molar-refractivity contribution is 6.18. The Morgan fingerprint density at radius 2 is 1.02 bits per heavy atom. The zero-order valence-electron chi connectivity index (χ0n) is 27.1. The van der Waals surface area contributed by atoms with Crippen LogP contribution in [0.15, 0.2) is 173 Å². The largest absolute Gasteiger partial charge is 0.281 e. The van der Waals surface area contributed by atoms with Crippen molar-refractivity contribution < 1.29 is 0 Å². The quantitative estimate of drug-likeness (QED) is 0.177. The third-order valence-electron chi connectivity index (χ3n) is 9.67. The zero-order chi connectivity index (χ0) is 34.1.